The van der Waals surface area contributed by atoms with Gasteiger partial charge in [0.05, 0.1) is 11.0 Å². The fourth-order valence-electron chi connectivity index (χ4n) is 2.31. The average Bonchev–Trinajstić information content (AvgIpc) is 3.16. The number of nitro groups is 1. The third kappa shape index (κ3) is 2.38. The average molecular weight is 233 g/mol. The SMILES string of the molecule is O=[N+]([O-])c1ccnc(NC(C2CC2)C2CC2)c1. The summed E-state index contributed by atoms with van der Waals surface area (Å²) in [6.07, 6.45) is 6.62. The first-order valence-corrected chi connectivity index (χ1v) is 6.11. The summed E-state index contributed by atoms with van der Waals surface area (Å²) in [5.41, 5.74) is 0.104. The van der Waals surface area contributed by atoms with E-state index in [-0.39, 0.29) is 10.6 Å². The van der Waals surface area contributed by atoms with E-state index in [1.54, 1.807) is 0 Å². The number of rotatable bonds is 5. The monoisotopic (exact) mass is 233 g/mol. The Bertz CT molecular complexity index is 429. The molecule has 1 heterocycles. The van der Waals surface area contributed by atoms with E-state index in [0.717, 1.165) is 11.8 Å². The molecular formula is C12H15N3O2. The lowest BCUT2D eigenvalue weighted by Gasteiger charge is -2.17. The van der Waals surface area contributed by atoms with Crippen molar-refractivity contribution in [2.75, 3.05) is 5.32 Å². The fourth-order valence-corrected chi connectivity index (χ4v) is 2.31. The first kappa shape index (κ1) is 10.5. The van der Waals surface area contributed by atoms with Gasteiger partial charge in [-0.15, -0.1) is 0 Å². The third-order valence-corrected chi connectivity index (χ3v) is 3.53. The molecule has 3 rings (SSSR count). The predicted molar refractivity (Wildman–Crippen MR) is 63.8 cm³/mol. The van der Waals surface area contributed by atoms with Crippen molar-refractivity contribution in [1.82, 2.24) is 4.98 Å². The molecule has 0 aromatic carbocycles. The van der Waals surface area contributed by atoms with E-state index in [4.69, 9.17) is 0 Å². The Labute approximate surface area is 99.4 Å². The van der Waals surface area contributed by atoms with Gasteiger partial charge in [0.2, 0.25) is 0 Å². The molecule has 0 radical (unpaired) electrons. The molecule has 1 aromatic heterocycles. The van der Waals surface area contributed by atoms with Crippen LogP contribution < -0.4 is 5.32 Å². The van der Waals surface area contributed by atoms with Gasteiger partial charge in [-0.3, -0.25) is 10.1 Å². The van der Waals surface area contributed by atoms with Crippen LogP contribution in [0.25, 0.3) is 0 Å². The number of nitrogens with zero attached hydrogens (tertiary/aromatic N) is 2. The molecule has 0 unspecified atom stereocenters. The standard InChI is InChI=1S/C12H15N3O2/c16-15(17)10-5-6-13-11(7-10)14-12(8-1-2-8)9-3-4-9/h5-9,12H,1-4H2,(H,13,14). The topological polar surface area (TPSA) is 68.1 Å². The van der Waals surface area contributed by atoms with E-state index in [1.807, 2.05) is 0 Å². The van der Waals surface area contributed by atoms with Crippen molar-refractivity contribution in [3.8, 4) is 0 Å². The molecule has 0 amide bonds. The largest absolute Gasteiger partial charge is 0.367 e. The van der Waals surface area contributed by atoms with E-state index < -0.39 is 0 Å². The minimum Gasteiger partial charge on any atom is -0.367 e. The zero-order valence-corrected chi connectivity index (χ0v) is 9.50. The lowest BCUT2D eigenvalue weighted by atomic mass is 10.1. The highest BCUT2D eigenvalue weighted by atomic mass is 16.6. The van der Waals surface area contributed by atoms with Gasteiger partial charge in [0.1, 0.15) is 5.82 Å². The van der Waals surface area contributed by atoms with E-state index in [0.29, 0.717) is 11.9 Å². The normalized spacial score (nSPS) is 19.4. The van der Waals surface area contributed by atoms with Crippen LogP contribution in [0.3, 0.4) is 0 Å². The second-order valence-electron chi connectivity index (χ2n) is 5.00. The molecule has 2 fully saturated rings. The van der Waals surface area contributed by atoms with Gasteiger partial charge in [-0.05, 0) is 37.5 Å². The van der Waals surface area contributed by atoms with Crippen LogP contribution in [0.15, 0.2) is 18.3 Å². The number of nitrogens with one attached hydrogen (secondary N) is 1. The maximum absolute atomic E-state index is 10.7. The number of aromatic nitrogens is 1. The van der Waals surface area contributed by atoms with E-state index in [1.165, 1.54) is 44.0 Å². The summed E-state index contributed by atoms with van der Waals surface area (Å²) in [4.78, 5) is 14.5. The highest BCUT2D eigenvalue weighted by Gasteiger charge is 2.41. The predicted octanol–water partition coefficient (Wildman–Crippen LogP) is 2.59. The molecule has 17 heavy (non-hydrogen) atoms. The second kappa shape index (κ2) is 3.98. The summed E-state index contributed by atoms with van der Waals surface area (Å²) < 4.78 is 0. The molecule has 1 N–H and O–H groups in total. The highest BCUT2D eigenvalue weighted by Crippen LogP contribution is 2.45. The molecule has 2 saturated carbocycles. The van der Waals surface area contributed by atoms with Crippen LogP contribution in [0.2, 0.25) is 0 Å². The van der Waals surface area contributed by atoms with Crippen molar-refractivity contribution in [1.29, 1.82) is 0 Å². The summed E-state index contributed by atoms with van der Waals surface area (Å²) >= 11 is 0. The van der Waals surface area contributed by atoms with Crippen LogP contribution in [0, 0.1) is 22.0 Å². The smallest absolute Gasteiger partial charge is 0.274 e. The Kier molecular flexibility index (Phi) is 2.46. The summed E-state index contributed by atoms with van der Waals surface area (Å²) in [6.45, 7) is 0. The number of hydrogen-bond acceptors (Lipinski definition) is 4. The summed E-state index contributed by atoms with van der Waals surface area (Å²) in [5.74, 6) is 2.15. The lowest BCUT2D eigenvalue weighted by molar-refractivity contribution is -0.384. The number of hydrogen-bond donors (Lipinski definition) is 1. The van der Waals surface area contributed by atoms with Crippen LogP contribution in [-0.2, 0) is 0 Å². The van der Waals surface area contributed by atoms with Gasteiger partial charge >= 0.3 is 0 Å². The molecule has 2 aliphatic rings. The Morgan fingerprint density at radius 2 is 2.00 bits per heavy atom. The van der Waals surface area contributed by atoms with Crippen LogP contribution in [0.4, 0.5) is 11.5 Å². The molecular weight excluding hydrogens is 218 g/mol. The zero-order chi connectivity index (χ0) is 11.8. The molecule has 0 spiro atoms. The molecule has 5 nitrogen and oxygen atoms in total. The third-order valence-electron chi connectivity index (χ3n) is 3.53. The minimum atomic E-state index is -0.379. The number of anilines is 1. The summed E-state index contributed by atoms with van der Waals surface area (Å²) in [6, 6.07) is 3.43. The van der Waals surface area contributed by atoms with Gasteiger partial charge in [-0.1, -0.05) is 0 Å². The van der Waals surface area contributed by atoms with E-state index >= 15 is 0 Å². The summed E-state index contributed by atoms with van der Waals surface area (Å²) in [7, 11) is 0. The first-order chi connectivity index (χ1) is 8.24. The Morgan fingerprint density at radius 3 is 2.53 bits per heavy atom. The van der Waals surface area contributed by atoms with Gasteiger partial charge < -0.3 is 5.32 Å². The van der Waals surface area contributed by atoms with E-state index in [2.05, 4.69) is 10.3 Å². The van der Waals surface area contributed by atoms with Crippen molar-refractivity contribution in [2.45, 2.75) is 31.7 Å². The van der Waals surface area contributed by atoms with Gasteiger partial charge in [-0.25, -0.2) is 4.98 Å². The molecule has 0 bridgehead atoms. The second-order valence-corrected chi connectivity index (χ2v) is 5.00. The van der Waals surface area contributed by atoms with Gasteiger partial charge in [-0.2, -0.15) is 0 Å². The molecule has 0 aliphatic heterocycles. The maximum Gasteiger partial charge on any atom is 0.274 e. The molecule has 0 atom stereocenters. The van der Waals surface area contributed by atoms with Crippen LogP contribution in [0.1, 0.15) is 25.7 Å². The fraction of sp³-hybridized carbons (Fsp3) is 0.583. The van der Waals surface area contributed by atoms with Crippen LogP contribution in [0.5, 0.6) is 0 Å². The zero-order valence-electron chi connectivity index (χ0n) is 9.50. The Hall–Kier alpha value is -1.65. The maximum atomic E-state index is 10.7. The molecule has 1 aromatic rings. The molecule has 2 aliphatic carbocycles. The summed E-state index contributed by atoms with van der Waals surface area (Å²) in [5, 5.41) is 14.1. The highest BCUT2D eigenvalue weighted by molar-refractivity contribution is 5.45. The van der Waals surface area contributed by atoms with E-state index in [9.17, 15) is 10.1 Å². The molecule has 5 heteroatoms. The Morgan fingerprint density at radius 1 is 1.35 bits per heavy atom. The molecule has 0 saturated heterocycles. The Balaban J connectivity index is 1.74. The van der Waals surface area contributed by atoms with Crippen molar-refractivity contribution >= 4 is 11.5 Å². The van der Waals surface area contributed by atoms with Gasteiger partial charge in [0.15, 0.2) is 0 Å². The number of pyridine rings is 1. The van der Waals surface area contributed by atoms with Gasteiger partial charge in [0.25, 0.3) is 5.69 Å². The van der Waals surface area contributed by atoms with Crippen molar-refractivity contribution in [2.24, 2.45) is 11.8 Å². The van der Waals surface area contributed by atoms with Crippen molar-refractivity contribution in [3.63, 3.8) is 0 Å². The van der Waals surface area contributed by atoms with Crippen molar-refractivity contribution in [3.05, 3.63) is 28.4 Å². The van der Waals surface area contributed by atoms with Crippen LogP contribution in [-0.4, -0.2) is 15.9 Å². The van der Waals surface area contributed by atoms with Crippen LogP contribution >= 0.6 is 0 Å². The van der Waals surface area contributed by atoms with Gasteiger partial charge in [0, 0.05) is 18.3 Å². The minimum absolute atomic E-state index is 0.104. The molecule has 90 valence electrons. The first-order valence-electron chi connectivity index (χ1n) is 6.11. The van der Waals surface area contributed by atoms with Crippen molar-refractivity contribution < 1.29 is 4.92 Å². The quantitative estimate of drug-likeness (QED) is 0.627. The lowest BCUT2D eigenvalue weighted by Crippen LogP contribution is -2.24.